The molecular formula is C12H15F2NO3. The summed E-state index contributed by atoms with van der Waals surface area (Å²) in [7, 11) is 1.28. The summed E-state index contributed by atoms with van der Waals surface area (Å²) in [6.45, 7) is 3.43. The summed E-state index contributed by atoms with van der Waals surface area (Å²) in [5, 5.41) is 0. The van der Waals surface area contributed by atoms with E-state index in [2.05, 4.69) is 4.98 Å². The zero-order valence-corrected chi connectivity index (χ0v) is 10.5. The van der Waals surface area contributed by atoms with Crippen molar-refractivity contribution in [1.29, 1.82) is 0 Å². The lowest BCUT2D eigenvalue weighted by Crippen LogP contribution is -2.12. The van der Waals surface area contributed by atoms with Crippen molar-refractivity contribution >= 4 is 5.97 Å². The van der Waals surface area contributed by atoms with Gasteiger partial charge in [-0.1, -0.05) is 0 Å². The maximum atomic E-state index is 13.0. The highest BCUT2D eigenvalue weighted by atomic mass is 19.3. The normalized spacial score (nSPS) is 10.6. The van der Waals surface area contributed by atoms with Crippen molar-refractivity contribution in [3.8, 4) is 5.75 Å². The summed E-state index contributed by atoms with van der Waals surface area (Å²) in [5.41, 5.74) is 0.250. The lowest BCUT2D eigenvalue weighted by molar-refractivity contribution is -0.142. The average molecular weight is 259 g/mol. The number of rotatable bonds is 5. The van der Waals surface area contributed by atoms with E-state index in [9.17, 15) is 13.6 Å². The average Bonchev–Trinajstić information content (AvgIpc) is 2.31. The number of nitrogens with zero attached hydrogens (tertiary/aromatic N) is 1. The van der Waals surface area contributed by atoms with E-state index in [0.29, 0.717) is 5.69 Å². The van der Waals surface area contributed by atoms with Crippen LogP contribution < -0.4 is 4.74 Å². The van der Waals surface area contributed by atoms with Gasteiger partial charge in [-0.05, 0) is 19.4 Å². The highest BCUT2D eigenvalue weighted by Gasteiger charge is 2.23. The highest BCUT2D eigenvalue weighted by molar-refractivity contribution is 5.73. The maximum absolute atomic E-state index is 13.0. The first-order valence-corrected chi connectivity index (χ1v) is 5.47. The molecule has 0 bridgehead atoms. The Balaban J connectivity index is 3.18. The quantitative estimate of drug-likeness (QED) is 0.762. The summed E-state index contributed by atoms with van der Waals surface area (Å²) < 4.78 is 35.7. The molecule has 0 fully saturated rings. The van der Waals surface area contributed by atoms with Crippen molar-refractivity contribution < 1.29 is 23.0 Å². The van der Waals surface area contributed by atoms with Gasteiger partial charge in [0.1, 0.15) is 5.75 Å². The number of hydrogen-bond donors (Lipinski definition) is 0. The number of carbonyl (C=O) groups is 1. The molecule has 0 aliphatic heterocycles. The van der Waals surface area contributed by atoms with E-state index in [4.69, 9.17) is 9.47 Å². The fourth-order valence-corrected chi connectivity index (χ4v) is 1.63. The molecule has 6 heteroatoms. The fraction of sp³-hybridized carbons (Fsp3) is 0.500. The molecule has 0 aliphatic rings. The monoisotopic (exact) mass is 259 g/mol. The lowest BCUT2D eigenvalue weighted by atomic mass is 10.0. The van der Waals surface area contributed by atoms with E-state index in [0.717, 1.165) is 0 Å². The molecule has 1 rings (SSSR count). The van der Waals surface area contributed by atoms with E-state index in [1.165, 1.54) is 13.3 Å². The number of esters is 1. The van der Waals surface area contributed by atoms with Crippen LogP contribution >= 0.6 is 0 Å². The molecule has 0 saturated heterocycles. The Kier molecular flexibility index (Phi) is 5.00. The molecule has 18 heavy (non-hydrogen) atoms. The van der Waals surface area contributed by atoms with E-state index in [1.807, 2.05) is 0 Å². The van der Waals surface area contributed by atoms with Crippen LogP contribution in [0.1, 0.15) is 30.2 Å². The van der Waals surface area contributed by atoms with Crippen molar-refractivity contribution in [1.82, 2.24) is 4.98 Å². The van der Waals surface area contributed by atoms with E-state index in [-0.39, 0.29) is 29.9 Å². The second-order valence-corrected chi connectivity index (χ2v) is 3.59. The molecule has 0 aliphatic carbocycles. The van der Waals surface area contributed by atoms with Crippen LogP contribution in [0.2, 0.25) is 0 Å². The van der Waals surface area contributed by atoms with Gasteiger partial charge in [-0.25, -0.2) is 8.78 Å². The Labute approximate surface area is 104 Å². The van der Waals surface area contributed by atoms with E-state index >= 15 is 0 Å². The zero-order valence-electron chi connectivity index (χ0n) is 10.5. The molecule has 1 aromatic rings. The molecule has 0 unspecified atom stereocenters. The van der Waals surface area contributed by atoms with Gasteiger partial charge in [0.25, 0.3) is 6.43 Å². The number of hydrogen-bond acceptors (Lipinski definition) is 4. The van der Waals surface area contributed by atoms with Crippen molar-refractivity contribution in [2.75, 3.05) is 13.7 Å². The molecule has 0 spiro atoms. The minimum Gasteiger partial charge on any atom is -0.495 e. The molecule has 0 saturated carbocycles. The summed E-state index contributed by atoms with van der Waals surface area (Å²) >= 11 is 0. The van der Waals surface area contributed by atoms with Gasteiger partial charge in [0.05, 0.1) is 31.9 Å². The number of halogens is 2. The van der Waals surface area contributed by atoms with Crippen LogP contribution in [-0.2, 0) is 16.0 Å². The van der Waals surface area contributed by atoms with E-state index < -0.39 is 12.4 Å². The van der Waals surface area contributed by atoms with E-state index in [1.54, 1.807) is 13.8 Å². The molecule has 0 aromatic carbocycles. The molecular weight excluding hydrogens is 244 g/mol. The van der Waals surface area contributed by atoms with Gasteiger partial charge in [0.15, 0.2) is 0 Å². The van der Waals surface area contributed by atoms with Crippen molar-refractivity contribution in [2.24, 2.45) is 0 Å². The molecule has 0 atom stereocenters. The Hall–Kier alpha value is -1.72. The minimum atomic E-state index is -2.73. The molecule has 1 heterocycles. The Morgan fingerprint density at radius 3 is 2.67 bits per heavy atom. The summed E-state index contributed by atoms with van der Waals surface area (Å²) in [5.74, 6) is -0.576. The first kappa shape index (κ1) is 14.3. The third-order valence-corrected chi connectivity index (χ3v) is 2.47. The zero-order chi connectivity index (χ0) is 13.7. The first-order valence-electron chi connectivity index (χ1n) is 5.47. The second-order valence-electron chi connectivity index (χ2n) is 3.59. The van der Waals surface area contributed by atoms with Crippen LogP contribution in [0.5, 0.6) is 5.75 Å². The van der Waals surface area contributed by atoms with Gasteiger partial charge in [0, 0.05) is 5.69 Å². The standard InChI is InChI=1S/C12H15F2NO3/c1-4-18-10(16)5-8-7(2)15-6-9(17-3)11(8)12(13)14/h6,12H,4-5H2,1-3H3. The second kappa shape index (κ2) is 6.28. The Morgan fingerprint density at radius 2 is 2.17 bits per heavy atom. The molecule has 0 N–H and O–H groups in total. The van der Waals surface area contributed by atoms with Gasteiger partial charge in [-0.15, -0.1) is 0 Å². The number of carbonyl (C=O) groups excluding carboxylic acids is 1. The minimum absolute atomic E-state index is 0.0186. The maximum Gasteiger partial charge on any atom is 0.310 e. The Bertz CT molecular complexity index is 436. The predicted molar refractivity (Wildman–Crippen MR) is 60.8 cm³/mol. The number of aromatic nitrogens is 1. The molecule has 100 valence electrons. The van der Waals surface area contributed by atoms with Crippen LogP contribution in [0.3, 0.4) is 0 Å². The largest absolute Gasteiger partial charge is 0.495 e. The van der Waals surface area contributed by atoms with Crippen LogP contribution in [-0.4, -0.2) is 24.7 Å². The van der Waals surface area contributed by atoms with Crippen LogP contribution in [0.4, 0.5) is 8.78 Å². The third kappa shape index (κ3) is 3.15. The van der Waals surface area contributed by atoms with Gasteiger partial charge in [-0.3, -0.25) is 9.78 Å². The lowest BCUT2D eigenvalue weighted by Gasteiger charge is -2.14. The summed E-state index contributed by atoms with van der Waals surface area (Å²) in [4.78, 5) is 15.3. The smallest absolute Gasteiger partial charge is 0.310 e. The fourth-order valence-electron chi connectivity index (χ4n) is 1.63. The molecule has 0 radical (unpaired) electrons. The van der Waals surface area contributed by atoms with Crippen molar-refractivity contribution in [2.45, 2.75) is 26.7 Å². The molecule has 4 nitrogen and oxygen atoms in total. The first-order chi connectivity index (χ1) is 8.51. The molecule has 1 aromatic heterocycles. The van der Waals surface area contributed by atoms with Gasteiger partial charge >= 0.3 is 5.97 Å². The number of aryl methyl sites for hydroxylation is 1. The summed E-state index contributed by atoms with van der Waals surface area (Å²) in [6.07, 6.45) is -1.74. The number of ether oxygens (including phenoxy) is 2. The van der Waals surface area contributed by atoms with Crippen LogP contribution in [0, 0.1) is 6.92 Å². The third-order valence-electron chi connectivity index (χ3n) is 2.47. The number of methoxy groups -OCH3 is 1. The highest BCUT2D eigenvalue weighted by Crippen LogP contribution is 2.33. The van der Waals surface area contributed by atoms with Gasteiger partial charge in [-0.2, -0.15) is 0 Å². The van der Waals surface area contributed by atoms with Crippen LogP contribution in [0.25, 0.3) is 0 Å². The number of pyridine rings is 1. The number of alkyl halides is 2. The van der Waals surface area contributed by atoms with Gasteiger partial charge in [0.2, 0.25) is 0 Å². The van der Waals surface area contributed by atoms with Gasteiger partial charge < -0.3 is 9.47 Å². The topological polar surface area (TPSA) is 48.4 Å². The van der Waals surface area contributed by atoms with Crippen molar-refractivity contribution in [3.05, 3.63) is 23.0 Å². The molecule has 0 amide bonds. The SMILES string of the molecule is CCOC(=O)Cc1c(C)ncc(OC)c1C(F)F. The van der Waals surface area contributed by atoms with Crippen molar-refractivity contribution in [3.63, 3.8) is 0 Å². The van der Waals surface area contributed by atoms with Crippen LogP contribution in [0.15, 0.2) is 6.20 Å². The summed E-state index contributed by atoms with van der Waals surface area (Å²) in [6, 6.07) is 0. The Morgan fingerprint density at radius 1 is 1.50 bits per heavy atom. The predicted octanol–water partition coefficient (Wildman–Crippen LogP) is 2.44.